The Bertz CT molecular complexity index is 1010. The zero-order chi connectivity index (χ0) is 46.0. The maximum absolute atomic E-state index is 13.1. The molecule has 0 aromatic carbocycles. The standard InChI is InChI=1S/C54H105NO8/c1-3-5-7-9-11-13-15-17-18-19-20-21-22-23-24-25-26-27-28-29-30-32-34-36-38-40-42-50(58)55-46(43-44-48-52(60)54(62)53(61)49(45-56)63-48)51(59)47(57)41-39-37-35-33-31-16-14-12-10-8-6-4-2/h43-44,46-49,51-54,56-57,59-62H,3-42,45H2,1-2H3,(H,55,58)/b44-43+/t46-,47-,48-,49?,51-,52?,53-,54+/m0/s1. The smallest absolute Gasteiger partial charge is 0.220 e. The van der Waals surface area contributed by atoms with Crippen LogP contribution in [0.1, 0.15) is 271 Å². The van der Waals surface area contributed by atoms with Crippen molar-refractivity contribution >= 4 is 5.91 Å². The Hall–Kier alpha value is -1.07. The van der Waals surface area contributed by atoms with Crippen molar-refractivity contribution in [1.82, 2.24) is 5.32 Å². The van der Waals surface area contributed by atoms with Crippen molar-refractivity contribution in [2.45, 2.75) is 319 Å². The van der Waals surface area contributed by atoms with E-state index in [0.29, 0.717) is 12.8 Å². The molecule has 0 spiro atoms. The lowest BCUT2D eigenvalue weighted by molar-refractivity contribution is -0.216. The van der Waals surface area contributed by atoms with Crippen LogP contribution in [0.25, 0.3) is 0 Å². The predicted molar refractivity (Wildman–Crippen MR) is 263 cm³/mol. The topological polar surface area (TPSA) is 160 Å². The molecule has 7 N–H and O–H groups in total. The zero-order valence-corrected chi connectivity index (χ0v) is 41.3. The quantitative estimate of drug-likeness (QED) is 0.0235. The number of aliphatic hydroxyl groups is 6. The molecule has 8 atom stereocenters. The van der Waals surface area contributed by atoms with Gasteiger partial charge in [0.15, 0.2) is 0 Å². The van der Waals surface area contributed by atoms with Crippen LogP contribution >= 0.6 is 0 Å². The summed E-state index contributed by atoms with van der Waals surface area (Å²) in [6.07, 6.45) is 43.7. The van der Waals surface area contributed by atoms with Crippen LogP contribution in [0.4, 0.5) is 0 Å². The van der Waals surface area contributed by atoms with E-state index in [1.54, 1.807) is 0 Å². The van der Waals surface area contributed by atoms with E-state index in [1.165, 1.54) is 218 Å². The maximum Gasteiger partial charge on any atom is 0.220 e. The average molecular weight is 896 g/mol. The highest BCUT2D eigenvalue weighted by Crippen LogP contribution is 2.23. The minimum atomic E-state index is -1.53. The normalized spacial score (nSPS) is 20.7. The van der Waals surface area contributed by atoms with Gasteiger partial charge in [-0.05, 0) is 12.8 Å². The number of rotatable bonds is 46. The first kappa shape index (κ1) is 59.9. The predicted octanol–water partition coefficient (Wildman–Crippen LogP) is 12.2. The summed E-state index contributed by atoms with van der Waals surface area (Å²) >= 11 is 0. The summed E-state index contributed by atoms with van der Waals surface area (Å²) in [5.74, 6) is -0.223. The first-order valence-electron chi connectivity index (χ1n) is 27.4. The largest absolute Gasteiger partial charge is 0.394 e. The van der Waals surface area contributed by atoms with Crippen LogP contribution < -0.4 is 5.32 Å². The molecular formula is C54H105NO8. The lowest BCUT2D eigenvalue weighted by Gasteiger charge is -2.39. The van der Waals surface area contributed by atoms with Gasteiger partial charge in [-0.2, -0.15) is 0 Å². The van der Waals surface area contributed by atoms with Gasteiger partial charge >= 0.3 is 0 Å². The van der Waals surface area contributed by atoms with Crippen LogP contribution in [-0.2, 0) is 9.53 Å². The highest BCUT2D eigenvalue weighted by Gasteiger charge is 2.42. The van der Waals surface area contributed by atoms with Crippen LogP contribution in [0.5, 0.6) is 0 Å². The summed E-state index contributed by atoms with van der Waals surface area (Å²) in [6.45, 7) is 3.99. The molecule has 0 radical (unpaired) electrons. The number of aliphatic hydroxyl groups excluding tert-OH is 6. The van der Waals surface area contributed by atoms with Gasteiger partial charge in [-0.1, -0.05) is 264 Å². The second-order valence-corrected chi connectivity index (χ2v) is 19.6. The molecule has 1 heterocycles. The number of carbonyl (C=O) groups excluding carboxylic acids is 1. The Morgan fingerprint density at radius 2 is 0.825 bits per heavy atom. The fourth-order valence-electron chi connectivity index (χ4n) is 9.23. The zero-order valence-electron chi connectivity index (χ0n) is 41.3. The van der Waals surface area contributed by atoms with Crippen LogP contribution in [0, 0.1) is 0 Å². The summed E-state index contributed by atoms with van der Waals surface area (Å²) in [7, 11) is 0. The van der Waals surface area contributed by atoms with Gasteiger partial charge < -0.3 is 40.7 Å². The summed E-state index contributed by atoms with van der Waals surface area (Å²) < 4.78 is 5.61. The van der Waals surface area contributed by atoms with Crippen molar-refractivity contribution in [3.63, 3.8) is 0 Å². The first-order valence-corrected chi connectivity index (χ1v) is 27.4. The minimum Gasteiger partial charge on any atom is -0.394 e. The van der Waals surface area contributed by atoms with Gasteiger partial charge in [0.05, 0.1) is 18.8 Å². The molecule has 1 fully saturated rings. The second kappa shape index (κ2) is 43.5. The first-order chi connectivity index (χ1) is 30.8. The molecule has 0 aliphatic carbocycles. The lowest BCUT2D eigenvalue weighted by atomic mass is 9.93. The molecule has 2 unspecified atom stereocenters. The highest BCUT2D eigenvalue weighted by atomic mass is 16.5. The highest BCUT2D eigenvalue weighted by molar-refractivity contribution is 5.76. The van der Waals surface area contributed by atoms with Crippen LogP contribution in [-0.4, -0.2) is 91.9 Å². The lowest BCUT2D eigenvalue weighted by Crippen LogP contribution is -2.58. The number of hydrogen-bond acceptors (Lipinski definition) is 8. The molecule has 1 aliphatic heterocycles. The van der Waals surface area contributed by atoms with Crippen LogP contribution in [0.2, 0.25) is 0 Å². The van der Waals surface area contributed by atoms with Gasteiger partial charge in [-0.15, -0.1) is 0 Å². The monoisotopic (exact) mass is 896 g/mol. The fraction of sp³-hybridized carbons (Fsp3) is 0.944. The summed E-state index contributed by atoms with van der Waals surface area (Å²) in [5.41, 5.74) is 0. The molecule has 9 nitrogen and oxygen atoms in total. The molecule has 374 valence electrons. The molecule has 1 rings (SSSR count). The Labute approximate surface area is 388 Å². The third kappa shape index (κ3) is 33.1. The molecule has 63 heavy (non-hydrogen) atoms. The van der Waals surface area contributed by atoms with Crippen molar-refractivity contribution in [2.75, 3.05) is 6.61 Å². The third-order valence-corrected chi connectivity index (χ3v) is 13.6. The van der Waals surface area contributed by atoms with Crippen molar-refractivity contribution in [3.05, 3.63) is 12.2 Å². The molecule has 1 amide bonds. The molecule has 1 saturated heterocycles. The van der Waals surface area contributed by atoms with Crippen molar-refractivity contribution in [2.24, 2.45) is 0 Å². The Kier molecular flexibility index (Phi) is 41.4. The average Bonchev–Trinajstić information content (AvgIpc) is 3.28. The van der Waals surface area contributed by atoms with E-state index in [2.05, 4.69) is 19.2 Å². The number of nitrogens with one attached hydrogen (secondary N) is 1. The van der Waals surface area contributed by atoms with E-state index < -0.39 is 55.4 Å². The SMILES string of the molecule is CCCCCCCCCCCCCCCCCCCCCCCCCCCCC(=O)N[C@@H](/C=C/[C@@H]1OC(CO)[C@H](O)[C@H](O)C1O)[C@H](O)[C@@H](O)CCCCCCCCCCCCCC. The van der Waals surface area contributed by atoms with Gasteiger partial charge in [0.25, 0.3) is 0 Å². The molecule has 0 aromatic rings. The van der Waals surface area contributed by atoms with Crippen LogP contribution in [0.15, 0.2) is 12.2 Å². The van der Waals surface area contributed by atoms with Gasteiger partial charge in [0.2, 0.25) is 5.91 Å². The number of carbonyl (C=O) groups is 1. The van der Waals surface area contributed by atoms with E-state index in [-0.39, 0.29) is 5.91 Å². The van der Waals surface area contributed by atoms with E-state index in [0.717, 1.165) is 38.5 Å². The number of hydrogen-bond donors (Lipinski definition) is 7. The van der Waals surface area contributed by atoms with Gasteiger partial charge in [-0.3, -0.25) is 4.79 Å². The van der Waals surface area contributed by atoms with Crippen LogP contribution in [0.3, 0.4) is 0 Å². The summed E-state index contributed by atoms with van der Waals surface area (Å²) in [6, 6.07) is -0.943. The second-order valence-electron chi connectivity index (χ2n) is 19.6. The van der Waals surface area contributed by atoms with E-state index >= 15 is 0 Å². The van der Waals surface area contributed by atoms with E-state index in [4.69, 9.17) is 4.74 Å². The molecule has 9 heteroatoms. The maximum atomic E-state index is 13.1. The Morgan fingerprint density at radius 3 is 1.17 bits per heavy atom. The van der Waals surface area contributed by atoms with Gasteiger partial charge in [-0.25, -0.2) is 0 Å². The van der Waals surface area contributed by atoms with Gasteiger partial charge in [0, 0.05) is 6.42 Å². The van der Waals surface area contributed by atoms with Crippen molar-refractivity contribution < 1.29 is 40.2 Å². The Balaban J connectivity index is 2.23. The molecular weight excluding hydrogens is 791 g/mol. The number of unbranched alkanes of at least 4 members (excludes halogenated alkanes) is 36. The van der Waals surface area contributed by atoms with Crippen molar-refractivity contribution in [1.29, 1.82) is 0 Å². The third-order valence-electron chi connectivity index (χ3n) is 13.6. The molecule has 0 aromatic heterocycles. The fourth-order valence-corrected chi connectivity index (χ4v) is 9.23. The summed E-state index contributed by atoms with van der Waals surface area (Å²) in [5, 5.41) is 65.6. The summed E-state index contributed by atoms with van der Waals surface area (Å²) in [4.78, 5) is 13.1. The van der Waals surface area contributed by atoms with E-state index in [1.807, 2.05) is 0 Å². The van der Waals surface area contributed by atoms with Crippen molar-refractivity contribution in [3.8, 4) is 0 Å². The van der Waals surface area contributed by atoms with E-state index in [9.17, 15) is 35.4 Å². The van der Waals surface area contributed by atoms with Gasteiger partial charge in [0.1, 0.15) is 36.6 Å². The molecule has 0 bridgehead atoms. The number of amides is 1. The number of ether oxygens (including phenoxy) is 1. The minimum absolute atomic E-state index is 0.223. The molecule has 0 saturated carbocycles. The molecule has 1 aliphatic rings. The Morgan fingerprint density at radius 1 is 0.492 bits per heavy atom.